The Morgan fingerprint density at radius 2 is 2.25 bits per heavy atom. The van der Waals surface area contributed by atoms with Gasteiger partial charge in [0.05, 0.1) is 5.69 Å². The molecule has 1 aromatic rings. The summed E-state index contributed by atoms with van der Waals surface area (Å²) in [5.74, 6) is 0. The van der Waals surface area contributed by atoms with Crippen LogP contribution in [0.15, 0.2) is 18.2 Å². The summed E-state index contributed by atoms with van der Waals surface area (Å²) < 4.78 is 24.2. The highest BCUT2D eigenvalue weighted by Gasteiger charge is 2.07. The van der Waals surface area contributed by atoms with Gasteiger partial charge in [0, 0.05) is 6.54 Å². The third-order valence-electron chi connectivity index (χ3n) is 1.41. The molecule has 1 aromatic heterocycles. The van der Waals surface area contributed by atoms with Crippen LogP contribution in [0.3, 0.4) is 0 Å². The summed E-state index contributed by atoms with van der Waals surface area (Å²) in [6.45, 7) is 0.514. The summed E-state index contributed by atoms with van der Waals surface area (Å²) in [7, 11) is 1.75. The van der Waals surface area contributed by atoms with Gasteiger partial charge in [0.15, 0.2) is 0 Å². The Balaban J connectivity index is 2.81. The quantitative estimate of drug-likeness (QED) is 0.751. The van der Waals surface area contributed by atoms with Gasteiger partial charge in [-0.1, -0.05) is 6.07 Å². The molecule has 0 bridgehead atoms. The zero-order chi connectivity index (χ0) is 8.97. The van der Waals surface area contributed by atoms with Gasteiger partial charge in [0.25, 0.3) is 6.43 Å². The summed E-state index contributed by atoms with van der Waals surface area (Å²) in [4.78, 5) is 3.75. The third-order valence-corrected chi connectivity index (χ3v) is 1.41. The van der Waals surface area contributed by atoms with E-state index < -0.39 is 6.43 Å². The molecule has 2 nitrogen and oxygen atoms in total. The predicted molar refractivity (Wildman–Crippen MR) is 42.0 cm³/mol. The molecule has 4 heteroatoms. The van der Waals surface area contributed by atoms with Crippen molar-refractivity contribution in [2.24, 2.45) is 0 Å². The van der Waals surface area contributed by atoms with E-state index in [-0.39, 0.29) is 5.69 Å². The van der Waals surface area contributed by atoms with Crippen LogP contribution in [0.25, 0.3) is 0 Å². The van der Waals surface area contributed by atoms with Crippen molar-refractivity contribution in [3.63, 3.8) is 0 Å². The molecule has 0 amide bonds. The zero-order valence-corrected chi connectivity index (χ0v) is 6.72. The highest BCUT2D eigenvalue weighted by atomic mass is 19.3. The number of pyridine rings is 1. The van der Waals surface area contributed by atoms with Gasteiger partial charge >= 0.3 is 0 Å². The molecule has 66 valence electrons. The van der Waals surface area contributed by atoms with E-state index in [9.17, 15) is 8.78 Å². The van der Waals surface area contributed by atoms with Gasteiger partial charge in [0.1, 0.15) is 5.69 Å². The summed E-state index contributed by atoms with van der Waals surface area (Å²) in [6.07, 6.45) is -2.48. The maximum Gasteiger partial charge on any atom is 0.280 e. The molecule has 0 radical (unpaired) electrons. The van der Waals surface area contributed by atoms with E-state index in [4.69, 9.17) is 0 Å². The number of hydrogen-bond acceptors (Lipinski definition) is 2. The minimum Gasteiger partial charge on any atom is -0.314 e. The minimum atomic E-state index is -2.48. The average Bonchev–Trinajstić information content (AvgIpc) is 2.05. The summed E-state index contributed by atoms with van der Waals surface area (Å²) >= 11 is 0. The van der Waals surface area contributed by atoms with Crippen molar-refractivity contribution < 1.29 is 8.78 Å². The highest BCUT2D eigenvalue weighted by Crippen LogP contribution is 2.15. The molecule has 0 unspecified atom stereocenters. The Morgan fingerprint density at radius 3 is 2.83 bits per heavy atom. The second-order valence-corrected chi connectivity index (χ2v) is 2.38. The van der Waals surface area contributed by atoms with E-state index >= 15 is 0 Å². The van der Waals surface area contributed by atoms with Crippen LogP contribution in [0.4, 0.5) is 8.78 Å². The lowest BCUT2D eigenvalue weighted by Crippen LogP contribution is -2.07. The SMILES string of the molecule is CNCc1cccc(C(F)F)n1. The molecule has 0 atom stereocenters. The summed E-state index contributed by atoms with van der Waals surface area (Å²) in [5, 5.41) is 2.84. The van der Waals surface area contributed by atoms with E-state index in [1.54, 1.807) is 19.2 Å². The lowest BCUT2D eigenvalue weighted by Gasteiger charge is -2.02. The van der Waals surface area contributed by atoms with Gasteiger partial charge in [-0.15, -0.1) is 0 Å². The van der Waals surface area contributed by atoms with Crippen LogP contribution in [0.5, 0.6) is 0 Å². The van der Waals surface area contributed by atoms with Crippen LogP contribution in [-0.4, -0.2) is 12.0 Å². The van der Waals surface area contributed by atoms with Gasteiger partial charge in [0.2, 0.25) is 0 Å². The molecule has 0 fully saturated rings. The first kappa shape index (κ1) is 9.06. The Morgan fingerprint density at radius 1 is 1.50 bits per heavy atom. The molecule has 0 aliphatic rings. The fourth-order valence-electron chi connectivity index (χ4n) is 0.899. The lowest BCUT2D eigenvalue weighted by atomic mass is 10.3. The normalized spacial score (nSPS) is 10.7. The molecule has 0 aliphatic carbocycles. The summed E-state index contributed by atoms with van der Waals surface area (Å²) in [6, 6.07) is 4.62. The van der Waals surface area contributed by atoms with E-state index in [0.717, 1.165) is 0 Å². The number of halogens is 2. The lowest BCUT2D eigenvalue weighted by molar-refractivity contribution is 0.146. The molecular weight excluding hydrogens is 162 g/mol. The number of nitrogens with one attached hydrogen (secondary N) is 1. The number of alkyl halides is 2. The minimum absolute atomic E-state index is 0.164. The monoisotopic (exact) mass is 172 g/mol. The van der Waals surface area contributed by atoms with E-state index in [1.807, 2.05) is 0 Å². The van der Waals surface area contributed by atoms with Gasteiger partial charge in [-0.05, 0) is 19.2 Å². The fraction of sp³-hybridized carbons (Fsp3) is 0.375. The molecular formula is C8H10F2N2. The maximum atomic E-state index is 12.1. The average molecular weight is 172 g/mol. The van der Waals surface area contributed by atoms with Crippen LogP contribution in [-0.2, 0) is 6.54 Å². The predicted octanol–water partition coefficient (Wildman–Crippen LogP) is 1.74. The first-order valence-electron chi connectivity index (χ1n) is 3.62. The Kier molecular flexibility index (Phi) is 3.10. The largest absolute Gasteiger partial charge is 0.314 e. The Hall–Kier alpha value is -1.03. The van der Waals surface area contributed by atoms with Crippen LogP contribution in [0.2, 0.25) is 0 Å². The Bertz CT molecular complexity index is 251. The number of nitrogens with zero attached hydrogens (tertiary/aromatic N) is 1. The van der Waals surface area contributed by atoms with Crippen LogP contribution >= 0.6 is 0 Å². The van der Waals surface area contributed by atoms with Gasteiger partial charge in [-0.25, -0.2) is 8.78 Å². The van der Waals surface area contributed by atoms with Gasteiger partial charge in [-0.3, -0.25) is 4.98 Å². The van der Waals surface area contributed by atoms with Crippen molar-refractivity contribution in [1.29, 1.82) is 0 Å². The van der Waals surface area contributed by atoms with Crippen LogP contribution in [0.1, 0.15) is 17.8 Å². The van der Waals surface area contributed by atoms with Gasteiger partial charge in [-0.2, -0.15) is 0 Å². The molecule has 0 spiro atoms. The fourth-order valence-corrected chi connectivity index (χ4v) is 0.899. The number of rotatable bonds is 3. The molecule has 12 heavy (non-hydrogen) atoms. The zero-order valence-electron chi connectivity index (χ0n) is 6.72. The topological polar surface area (TPSA) is 24.9 Å². The van der Waals surface area contributed by atoms with E-state index in [2.05, 4.69) is 10.3 Å². The van der Waals surface area contributed by atoms with Gasteiger partial charge < -0.3 is 5.32 Å². The first-order chi connectivity index (χ1) is 5.74. The molecule has 0 saturated carbocycles. The Labute approximate surface area is 69.6 Å². The van der Waals surface area contributed by atoms with E-state index in [0.29, 0.717) is 12.2 Å². The van der Waals surface area contributed by atoms with Crippen molar-refractivity contribution in [2.75, 3.05) is 7.05 Å². The second kappa shape index (κ2) is 4.11. The van der Waals surface area contributed by atoms with Crippen molar-refractivity contribution in [1.82, 2.24) is 10.3 Å². The van der Waals surface area contributed by atoms with Crippen LogP contribution in [0, 0.1) is 0 Å². The number of hydrogen-bond donors (Lipinski definition) is 1. The molecule has 1 rings (SSSR count). The smallest absolute Gasteiger partial charge is 0.280 e. The molecule has 0 aromatic carbocycles. The maximum absolute atomic E-state index is 12.1. The summed E-state index contributed by atoms with van der Waals surface area (Å²) in [5.41, 5.74) is 0.470. The molecule has 1 heterocycles. The highest BCUT2D eigenvalue weighted by molar-refractivity contribution is 5.11. The van der Waals surface area contributed by atoms with Crippen molar-refractivity contribution in [2.45, 2.75) is 13.0 Å². The van der Waals surface area contributed by atoms with Crippen molar-refractivity contribution >= 4 is 0 Å². The van der Waals surface area contributed by atoms with Crippen molar-refractivity contribution in [3.05, 3.63) is 29.6 Å². The third kappa shape index (κ3) is 2.23. The molecule has 0 aliphatic heterocycles. The number of aromatic nitrogens is 1. The van der Waals surface area contributed by atoms with Crippen LogP contribution < -0.4 is 5.32 Å². The second-order valence-electron chi connectivity index (χ2n) is 2.38. The first-order valence-corrected chi connectivity index (χ1v) is 3.62. The molecule has 0 saturated heterocycles. The van der Waals surface area contributed by atoms with E-state index in [1.165, 1.54) is 6.07 Å². The molecule has 1 N–H and O–H groups in total. The van der Waals surface area contributed by atoms with Crippen molar-refractivity contribution in [3.8, 4) is 0 Å². The standard InChI is InChI=1S/C8H10F2N2/c1-11-5-6-3-2-4-7(12-6)8(9)10/h2-4,8,11H,5H2,1H3.